The Morgan fingerprint density at radius 1 is 1.41 bits per heavy atom. The lowest BCUT2D eigenvalue weighted by Gasteiger charge is -2.11. The van der Waals surface area contributed by atoms with Crippen molar-refractivity contribution >= 4 is 11.8 Å². The van der Waals surface area contributed by atoms with Crippen LogP contribution in [0.4, 0.5) is 0 Å². The highest BCUT2D eigenvalue weighted by molar-refractivity contribution is 6.35. The Balaban J connectivity index is 2.37. The Kier molecular flexibility index (Phi) is 5.13. The van der Waals surface area contributed by atoms with Crippen LogP contribution in [-0.4, -0.2) is 22.8 Å². The molecule has 0 aliphatic carbocycles. The van der Waals surface area contributed by atoms with E-state index in [9.17, 15) is 9.59 Å². The van der Waals surface area contributed by atoms with E-state index < -0.39 is 11.8 Å². The molecular weight excluding hydrogens is 218 g/mol. The summed E-state index contributed by atoms with van der Waals surface area (Å²) in [5, 5.41) is 5.14. The SMILES string of the molecule is CC[C@H](C)NC(=O)C(=O)NCc1cccnc1. The number of rotatable bonds is 4. The molecule has 0 fully saturated rings. The molecule has 0 aliphatic heterocycles. The van der Waals surface area contributed by atoms with Crippen LogP contribution in [0.3, 0.4) is 0 Å². The van der Waals surface area contributed by atoms with Crippen LogP contribution >= 0.6 is 0 Å². The van der Waals surface area contributed by atoms with Gasteiger partial charge in [0.1, 0.15) is 0 Å². The van der Waals surface area contributed by atoms with Crippen LogP contribution in [-0.2, 0) is 16.1 Å². The van der Waals surface area contributed by atoms with Gasteiger partial charge in [0.15, 0.2) is 0 Å². The zero-order valence-corrected chi connectivity index (χ0v) is 10.1. The second-order valence-electron chi connectivity index (χ2n) is 3.83. The molecule has 1 atom stereocenters. The topological polar surface area (TPSA) is 71.1 Å². The van der Waals surface area contributed by atoms with Crippen LogP contribution in [0.2, 0.25) is 0 Å². The summed E-state index contributed by atoms with van der Waals surface area (Å²) in [6, 6.07) is 3.62. The number of pyridine rings is 1. The number of hydrogen-bond donors (Lipinski definition) is 2. The van der Waals surface area contributed by atoms with Crippen molar-refractivity contribution in [3.05, 3.63) is 30.1 Å². The van der Waals surface area contributed by atoms with E-state index >= 15 is 0 Å². The molecule has 0 radical (unpaired) electrons. The standard InChI is InChI=1S/C12H17N3O2/c1-3-9(2)15-12(17)11(16)14-8-10-5-4-6-13-7-10/h4-7,9H,3,8H2,1-2H3,(H,14,16)(H,15,17)/t9-/m0/s1. The van der Waals surface area contributed by atoms with Crippen molar-refractivity contribution < 1.29 is 9.59 Å². The van der Waals surface area contributed by atoms with Crippen molar-refractivity contribution in [3.8, 4) is 0 Å². The lowest BCUT2D eigenvalue weighted by molar-refractivity contribution is -0.139. The molecule has 0 aliphatic rings. The van der Waals surface area contributed by atoms with E-state index in [0.29, 0.717) is 6.54 Å². The minimum absolute atomic E-state index is 0.00615. The van der Waals surface area contributed by atoms with Gasteiger partial charge in [0.2, 0.25) is 0 Å². The first kappa shape index (κ1) is 13.2. The fourth-order valence-corrected chi connectivity index (χ4v) is 1.16. The fourth-order valence-electron chi connectivity index (χ4n) is 1.16. The van der Waals surface area contributed by atoms with Crippen molar-refractivity contribution in [1.29, 1.82) is 0 Å². The summed E-state index contributed by atoms with van der Waals surface area (Å²) < 4.78 is 0. The Morgan fingerprint density at radius 3 is 2.76 bits per heavy atom. The Labute approximate surface area is 101 Å². The second kappa shape index (κ2) is 6.62. The molecule has 0 saturated heterocycles. The Bertz CT molecular complexity index is 379. The van der Waals surface area contributed by atoms with Crippen molar-refractivity contribution in [2.75, 3.05) is 0 Å². The molecule has 2 N–H and O–H groups in total. The Morgan fingerprint density at radius 2 is 2.18 bits per heavy atom. The van der Waals surface area contributed by atoms with Crippen LogP contribution in [0.1, 0.15) is 25.8 Å². The highest BCUT2D eigenvalue weighted by Gasteiger charge is 2.14. The monoisotopic (exact) mass is 235 g/mol. The van der Waals surface area contributed by atoms with Gasteiger partial charge in [0.25, 0.3) is 0 Å². The fraction of sp³-hybridized carbons (Fsp3) is 0.417. The smallest absolute Gasteiger partial charge is 0.309 e. The maximum Gasteiger partial charge on any atom is 0.309 e. The van der Waals surface area contributed by atoms with Gasteiger partial charge in [-0.2, -0.15) is 0 Å². The number of carbonyl (C=O) groups is 2. The van der Waals surface area contributed by atoms with Gasteiger partial charge in [-0.1, -0.05) is 13.0 Å². The van der Waals surface area contributed by atoms with Gasteiger partial charge >= 0.3 is 11.8 Å². The maximum absolute atomic E-state index is 11.4. The van der Waals surface area contributed by atoms with Gasteiger partial charge in [-0.3, -0.25) is 14.6 Å². The zero-order valence-electron chi connectivity index (χ0n) is 10.1. The number of aromatic nitrogens is 1. The van der Waals surface area contributed by atoms with Crippen molar-refractivity contribution in [1.82, 2.24) is 15.6 Å². The average molecular weight is 235 g/mol. The minimum Gasteiger partial charge on any atom is -0.345 e. The molecule has 2 amide bonds. The lowest BCUT2D eigenvalue weighted by Crippen LogP contribution is -2.43. The van der Waals surface area contributed by atoms with Gasteiger partial charge in [-0.25, -0.2) is 0 Å². The van der Waals surface area contributed by atoms with Crippen molar-refractivity contribution in [2.45, 2.75) is 32.9 Å². The normalized spacial score (nSPS) is 11.6. The van der Waals surface area contributed by atoms with Crippen molar-refractivity contribution in [3.63, 3.8) is 0 Å². The molecule has 1 rings (SSSR count). The van der Waals surface area contributed by atoms with Gasteiger partial charge in [-0.15, -0.1) is 0 Å². The third kappa shape index (κ3) is 4.63. The largest absolute Gasteiger partial charge is 0.345 e. The molecule has 0 bridgehead atoms. The first-order valence-electron chi connectivity index (χ1n) is 5.61. The maximum atomic E-state index is 11.4. The molecule has 0 unspecified atom stereocenters. The number of nitrogens with zero attached hydrogens (tertiary/aromatic N) is 1. The first-order chi connectivity index (χ1) is 8.13. The summed E-state index contributed by atoms with van der Waals surface area (Å²) in [6.07, 6.45) is 4.09. The predicted molar refractivity (Wildman–Crippen MR) is 64.0 cm³/mol. The molecule has 0 saturated carbocycles. The second-order valence-corrected chi connectivity index (χ2v) is 3.83. The van der Waals surface area contributed by atoms with E-state index in [4.69, 9.17) is 0 Å². The summed E-state index contributed by atoms with van der Waals surface area (Å²) in [5.74, 6) is -1.21. The molecule has 5 nitrogen and oxygen atoms in total. The molecule has 1 heterocycles. The average Bonchev–Trinajstić information content (AvgIpc) is 2.36. The molecule has 17 heavy (non-hydrogen) atoms. The van der Waals surface area contributed by atoms with E-state index in [0.717, 1.165) is 12.0 Å². The van der Waals surface area contributed by atoms with Crippen LogP contribution in [0.5, 0.6) is 0 Å². The zero-order chi connectivity index (χ0) is 12.7. The summed E-state index contributed by atoms with van der Waals surface area (Å²) in [4.78, 5) is 26.7. The van der Waals surface area contributed by atoms with Crippen LogP contribution in [0.25, 0.3) is 0 Å². The molecular formula is C12H17N3O2. The van der Waals surface area contributed by atoms with Crippen LogP contribution in [0, 0.1) is 0 Å². The highest BCUT2D eigenvalue weighted by atomic mass is 16.2. The molecule has 0 aromatic carbocycles. The highest BCUT2D eigenvalue weighted by Crippen LogP contribution is 1.94. The number of amides is 2. The van der Waals surface area contributed by atoms with E-state index in [1.54, 1.807) is 18.5 Å². The molecule has 92 valence electrons. The quantitative estimate of drug-likeness (QED) is 0.751. The first-order valence-corrected chi connectivity index (χ1v) is 5.61. The van der Waals surface area contributed by atoms with Gasteiger partial charge in [0.05, 0.1) is 0 Å². The van der Waals surface area contributed by atoms with E-state index in [-0.39, 0.29) is 6.04 Å². The van der Waals surface area contributed by atoms with Gasteiger partial charge < -0.3 is 10.6 Å². The summed E-state index contributed by atoms with van der Waals surface area (Å²) >= 11 is 0. The van der Waals surface area contributed by atoms with E-state index in [1.807, 2.05) is 19.9 Å². The molecule has 5 heteroatoms. The van der Waals surface area contributed by atoms with Gasteiger partial charge in [-0.05, 0) is 25.0 Å². The number of carbonyl (C=O) groups excluding carboxylic acids is 2. The lowest BCUT2D eigenvalue weighted by atomic mass is 10.2. The Hall–Kier alpha value is -1.91. The van der Waals surface area contributed by atoms with Crippen LogP contribution in [0.15, 0.2) is 24.5 Å². The summed E-state index contributed by atoms with van der Waals surface area (Å²) in [7, 11) is 0. The van der Waals surface area contributed by atoms with Crippen molar-refractivity contribution in [2.24, 2.45) is 0 Å². The number of nitrogens with one attached hydrogen (secondary N) is 2. The number of hydrogen-bond acceptors (Lipinski definition) is 3. The molecule has 1 aromatic heterocycles. The third-order valence-corrected chi connectivity index (χ3v) is 2.37. The predicted octanol–water partition coefficient (Wildman–Crippen LogP) is 0.612. The molecule has 1 aromatic rings. The van der Waals surface area contributed by atoms with Gasteiger partial charge in [0, 0.05) is 25.0 Å². The third-order valence-electron chi connectivity index (χ3n) is 2.37. The van der Waals surface area contributed by atoms with E-state index in [1.165, 1.54) is 0 Å². The van der Waals surface area contributed by atoms with Crippen LogP contribution < -0.4 is 10.6 Å². The molecule has 0 spiro atoms. The summed E-state index contributed by atoms with van der Waals surface area (Å²) in [5.41, 5.74) is 0.859. The minimum atomic E-state index is -0.617. The van der Waals surface area contributed by atoms with E-state index in [2.05, 4.69) is 15.6 Å². The summed E-state index contributed by atoms with van der Waals surface area (Å²) in [6.45, 7) is 4.10.